The second kappa shape index (κ2) is 37.0. The highest BCUT2D eigenvalue weighted by molar-refractivity contribution is 4.65. The van der Waals surface area contributed by atoms with Gasteiger partial charge in [-0.3, -0.25) is 0 Å². The molecule has 0 bridgehead atoms. The van der Waals surface area contributed by atoms with Gasteiger partial charge in [0.2, 0.25) is 0 Å². The Bertz CT molecular complexity index is 336. The van der Waals surface area contributed by atoms with E-state index >= 15 is 0 Å². The van der Waals surface area contributed by atoms with E-state index in [1.807, 2.05) is 0 Å². The zero-order chi connectivity index (χ0) is 27.5. The lowest BCUT2D eigenvalue weighted by molar-refractivity contribution is 0.519. The van der Waals surface area contributed by atoms with Crippen LogP contribution in [0, 0.1) is 6.42 Å². The molecule has 0 saturated heterocycles. The Kier molecular flexibility index (Phi) is 37.0. The van der Waals surface area contributed by atoms with E-state index in [2.05, 4.69) is 20.3 Å². The van der Waals surface area contributed by atoms with Crippen LogP contribution < -0.4 is 0 Å². The van der Waals surface area contributed by atoms with Gasteiger partial charge in [-0.2, -0.15) is 0 Å². The molecule has 0 amide bonds. The summed E-state index contributed by atoms with van der Waals surface area (Å²) in [4.78, 5) is 0. The van der Waals surface area contributed by atoms with Crippen LogP contribution in [0.2, 0.25) is 0 Å². The number of rotatable bonds is 35. The predicted octanol–water partition coefficient (Wildman–Crippen LogP) is 14.9. The number of hydrogen-bond donors (Lipinski definition) is 0. The third-order valence-corrected chi connectivity index (χ3v) is 8.77. The lowest BCUT2D eigenvalue weighted by atomic mass is 10.0. The molecule has 0 heteroatoms. The molecule has 0 atom stereocenters. The molecule has 0 aromatic heterocycles. The summed E-state index contributed by atoms with van der Waals surface area (Å²) >= 11 is 0. The standard InChI is InChI=1S/C38H77/c1-3-5-7-9-11-13-15-17-19-21-23-25-27-29-31-33-35-37-38-36-34-32-30-28-26-24-22-20-18-16-14-12-10-8-6-4-2/h29H,3-28,30-38H2,1-2H3. The number of hydrogen-bond acceptors (Lipinski definition) is 0. The van der Waals surface area contributed by atoms with Gasteiger partial charge in [0, 0.05) is 0 Å². The van der Waals surface area contributed by atoms with Crippen LogP contribution in [-0.4, -0.2) is 0 Å². The maximum absolute atomic E-state index is 2.59. The van der Waals surface area contributed by atoms with Gasteiger partial charge in [-0.25, -0.2) is 0 Å². The maximum Gasteiger partial charge on any atom is -0.0386 e. The summed E-state index contributed by atoms with van der Waals surface area (Å²) < 4.78 is 0. The highest BCUT2D eigenvalue weighted by Gasteiger charge is 1.97. The van der Waals surface area contributed by atoms with Gasteiger partial charge >= 0.3 is 0 Å². The Morgan fingerprint density at radius 1 is 0.211 bits per heavy atom. The van der Waals surface area contributed by atoms with Gasteiger partial charge in [0.1, 0.15) is 0 Å². The second-order valence-corrected chi connectivity index (χ2v) is 12.8. The summed E-state index contributed by atoms with van der Waals surface area (Å²) in [7, 11) is 0. The van der Waals surface area contributed by atoms with Gasteiger partial charge in [-0.1, -0.05) is 239 Å². The van der Waals surface area contributed by atoms with E-state index in [1.54, 1.807) is 0 Å². The first kappa shape index (κ1) is 38.0. The van der Waals surface area contributed by atoms with Crippen LogP contribution >= 0.6 is 0 Å². The predicted molar refractivity (Wildman–Crippen MR) is 177 cm³/mol. The molecule has 0 heterocycles. The molecule has 38 heavy (non-hydrogen) atoms. The second-order valence-electron chi connectivity index (χ2n) is 12.8. The lowest BCUT2D eigenvalue weighted by Gasteiger charge is -2.04. The molecule has 0 rings (SSSR count). The molecule has 1 radical (unpaired) electrons. The largest absolute Gasteiger partial charge is 0.0654 e. The first-order valence-electron chi connectivity index (χ1n) is 18.7. The highest BCUT2D eigenvalue weighted by atomic mass is 14.0. The first-order chi connectivity index (χ1) is 18.9. The van der Waals surface area contributed by atoms with Crippen LogP contribution in [-0.2, 0) is 0 Å². The summed E-state index contributed by atoms with van der Waals surface area (Å²) in [5.41, 5.74) is 0. The van der Waals surface area contributed by atoms with Crippen molar-refractivity contribution >= 4 is 0 Å². The lowest BCUT2D eigenvalue weighted by Crippen LogP contribution is -1.85. The molecule has 0 unspecified atom stereocenters. The van der Waals surface area contributed by atoms with E-state index in [-0.39, 0.29) is 0 Å². The molecule has 0 fully saturated rings. The van der Waals surface area contributed by atoms with Gasteiger partial charge in [0.05, 0.1) is 0 Å². The molecular weight excluding hydrogens is 456 g/mol. The molecule has 0 aliphatic heterocycles. The van der Waals surface area contributed by atoms with Crippen LogP contribution in [0.15, 0.2) is 0 Å². The minimum atomic E-state index is 1.37. The normalized spacial score (nSPS) is 11.5. The summed E-state index contributed by atoms with van der Waals surface area (Å²) in [6.45, 7) is 4.62. The molecule has 0 aliphatic rings. The third kappa shape index (κ3) is 36.0. The van der Waals surface area contributed by atoms with Crippen molar-refractivity contribution in [3.8, 4) is 0 Å². The SMILES string of the molecule is CCCCCCCCCCCCCC[CH]CCCCCCCCCCCCCCCCCCCCCCC. The van der Waals surface area contributed by atoms with Crippen LogP contribution in [0.25, 0.3) is 0 Å². The monoisotopic (exact) mass is 534 g/mol. The van der Waals surface area contributed by atoms with Crippen molar-refractivity contribution < 1.29 is 0 Å². The van der Waals surface area contributed by atoms with E-state index in [4.69, 9.17) is 0 Å². The van der Waals surface area contributed by atoms with Gasteiger partial charge in [0.25, 0.3) is 0 Å². The number of unbranched alkanes of at least 4 members (excludes halogenated alkanes) is 35. The summed E-state index contributed by atoms with van der Waals surface area (Å²) in [6, 6.07) is 0. The zero-order valence-electron chi connectivity index (χ0n) is 27.3. The van der Waals surface area contributed by atoms with E-state index in [0.29, 0.717) is 0 Å². The van der Waals surface area contributed by atoms with Crippen molar-refractivity contribution in [2.45, 2.75) is 239 Å². The molecule has 0 aromatic rings. The van der Waals surface area contributed by atoms with Crippen LogP contribution in [0.4, 0.5) is 0 Å². The van der Waals surface area contributed by atoms with E-state index in [9.17, 15) is 0 Å². The fourth-order valence-electron chi connectivity index (χ4n) is 5.99. The van der Waals surface area contributed by atoms with Crippen LogP contribution in [0.5, 0.6) is 0 Å². The van der Waals surface area contributed by atoms with Crippen LogP contribution in [0.1, 0.15) is 239 Å². The molecule has 0 N–H and O–H groups in total. The Morgan fingerprint density at radius 3 is 0.553 bits per heavy atom. The van der Waals surface area contributed by atoms with Crippen molar-refractivity contribution in [3.63, 3.8) is 0 Å². The Labute approximate surface area is 244 Å². The minimum absolute atomic E-state index is 1.37. The molecule has 229 valence electrons. The Balaban J connectivity index is 3.01. The van der Waals surface area contributed by atoms with Crippen LogP contribution in [0.3, 0.4) is 0 Å². The highest BCUT2D eigenvalue weighted by Crippen LogP contribution is 2.17. The van der Waals surface area contributed by atoms with Gasteiger partial charge in [-0.15, -0.1) is 0 Å². The Hall–Kier alpha value is 0. The smallest absolute Gasteiger partial charge is 0.0386 e. The molecule has 0 saturated carbocycles. The molecule has 0 spiro atoms. The first-order valence-corrected chi connectivity index (χ1v) is 18.7. The minimum Gasteiger partial charge on any atom is -0.0654 e. The molecule has 0 aliphatic carbocycles. The fraction of sp³-hybridized carbons (Fsp3) is 0.974. The van der Waals surface area contributed by atoms with Crippen molar-refractivity contribution in [2.75, 3.05) is 0 Å². The molecule has 0 aromatic carbocycles. The van der Waals surface area contributed by atoms with E-state index in [0.717, 1.165) is 0 Å². The van der Waals surface area contributed by atoms with Crippen molar-refractivity contribution in [1.82, 2.24) is 0 Å². The molecule has 0 nitrogen and oxygen atoms in total. The third-order valence-electron chi connectivity index (χ3n) is 8.77. The topological polar surface area (TPSA) is 0 Å². The van der Waals surface area contributed by atoms with E-state index < -0.39 is 0 Å². The van der Waals surface area contributed by atoms with Crippen molar-refractivity contribution in [3.05, 3.63) is 6.42 Å². The van der Waals surface area contributed by atoms with Crippen molar-refractivity contribution in [2.24, 2.45) is 0 Å². The average Bonchev–Trinajstić information content (AvgIpc) is 2.93. The fourth-order valence-corrected chi connectivity index (χ4v) is 5.99. The van der Waals surface area contributed by atoms with E-state index in [1.165, 1.54) is 225 Å². The summed E-state index contributed by atoms with van der Waals surface area (Å²) in [5.74, 6) is 0. The summed E-state index contributed by atoms with van der Waals surface area (Å²) in [5, 5.41) is 0. The average molecular weight is 534 g/mol. The van der Waals surface area contributed by atoms with Gasteiger partial charge in [0.15, 0.2) is 0 Å². The zero-order valence-corrected chi connectivity index (χ0v) is 27.3. The van der Waals surface area contributed by atoms with Gasteiger partial charge < -0.3 is 0 Å². The van der Waals surface area contributed by atoms with Crippen molar-refractivity contribution in [1.29, 1.82) is 0 Å². The summed E-state index contributed by atoms with van der Waals surface area (Å²) in [6.07, 6.45) is 53.9. The quantitative estimate of drug-likeness (QED) is 0.0710. The maximum atomic E-state index is 2.59. The Morgan fingerprint density at radius 2 is 0.368 bits per heavy atom. The molecular formula is C38H77. The van der Waals surface area contributed by atoms with Gasteiger partial charge in [-0.05, 0) is 6.42 Å².